The Kier molecular flexibility index (Phi) is 5.58. The lowest BCUT2D eigenvalue weighted by molar-refractivity contribution is 0.107. The molecule has 112 valence electrons. The summed E-state index contributed by atoms with van der Waals surface area (Å²) in [4.78, 5) is 2.19. The highest BCUT2D eigenvalue weighted by molar-refractivity contribution is 7.89. The van der Waals surface area contributed by atoms with Gasteiger partial charge in [-0.2, -0.15) is 0 Å². The van der Waals surface area contributed by atoms with Crippen molar-refractivity contribution in [3.8, 4) is 0 Å². The fraction of sp³-hybridized carbons (Fsp3) is 1.00. The van der Waals surface area contributed by atoms with E-state index in [0.29, 0.717) is 19.0 Å². The smallest absolute Gasteiger partial charge is 0.212 e. The molecule has 0 aromatic heterocycles. The van der Waals surface area contributed by atoms with Crippen molar-refractivity contribution < 1.29 is 13.2 Å². The maximum absolute atomic E-state index is 11.9. The van der Waals surface area contributed by atoms with Gasteiger partial charge in [-0.05, 0) is 13.3 Å². The highest BCUT2D eigenvalue weighted by atomic mass is 32.2. The Morgan fingerprint density at radius 1 is 1.37 bits per heavy atom. The summed E-state index contributed by atoms with van der Waals surface area (Å²) in [6.45, 7) is 7.64. The molecule has 2 saturated heterocycles. The lowest BCUT2D eigenvalue weighted by Gasteiger charge is -2.27. The second-order valence-electron chi connectivity index (χ2n) is 5.38. The molecule has 0 aliphatic carbocycles. The van der Waals surface area contributed by atoms with Gasteiger partial charge in [-0.1, -0.05) is 0 Å². The van der Waals surface area contributed by atoms with Crippen LogP contribution in [-0.4, -0.2) is 71.0 Å². The average Bonchev–Trinajstić information content (AvgIpc) is 2.81. The second kappa shape index (κ2) is 6.99. The van der Waals surface area contributed by atoms with Crippen LogP contribution >= 0.6 is 0 Å². The summed E-state index contributed by atoms with van der Waals surface area (Å²) < 4.78 is 32.0. The van der Waals surface area contributed by atoms with Crippen molar-refractivity contribution in [1.82, 2.24) is 14.9 Å². The maximum Gasteiger partial charge on any atom is 0.212 e. The minimum absolute atomic E-state index is 0.163. The summed E-state index contributed by atoms with van der Waals surface area (Å²) in [6, 6.07) is 0. The lowest BCUT2D eigenvalue weighted by Crippen LogP contribution is -2.46. The van der Waals surface area contributed by atoms with Crippen molar-refractivity contribution in [2.45, 2.75) is 19.4 Å². The summed E-state index contributed by atoms with van der Waals surface area (Å²) >= 11 is 0. The van der Waals surface area contributed by atoms with Crippen LogP contribution in [0.4, 0.5) is 0 Å². The fourth-order valence-corrected chi connectivity index (χ4v) is 3.65. The number of sulfonamides is 1. The van der Waals surface area contributed by atoms with Gasteiger partial charge in [0.05, 0.1) is 11.9 Å². The molecule has 2 fully saturated rings. The minimum atomic E-state index is -3.16. The zero-order valence-corrected chi connectivity index (χ0v) is 12.4. The van der Waals surface area contributed by atoms with Crippen molar-refractivity contribution in [3.63, 3.8) is 0 Å². The van der Waals surface area contributed by atoms with E-state index in [4.69, 9.17) is 4.74 Å². The molecular formula is C12H25N3O3S. The van der Waals surface area contributed by atoms with E-state index in [0.717, 1.165) is 39.2 Å². The molecule has 7 heteroatoms. The van der Waals surface area contributed by atoms with E-state index < -0.39 is 10.0 Å². The molecule has 6 nitrogen and oxygen atoms in total. The summed E-state index contributed by atoms with van der Waals surface area (Å²) in [5, 5.41) is 3.26. The van der Waals surface area contributed by atoms with Crippen LogP contribution in [0.15, 0.2) is 0 Å². The Morgan fingerprint density at radius 2 is 2.11 bits per heavy atom. The first kappa shape index (κ1) is 15.2. The Bertz CT molecular complexity index is 368. The van der Waals surface area contributed by atoms with Gasteiger partial charge in [-0.3, -0.25) is 4.90 Å². The standard InChI is InChI=1S/C12H25N3O3S/c1-11-12(2-8-18-11)10-14-19(16,17)9-7-15-5-3-13-4-6-15/h11-14H,2-10H2,1H3. The third-order valence-corrected chi connectivity index (χ3v) is 5.31. The molecule has 2 aliphatic rings. The third-order valence-electron chi connectivity index (χ3n) is 3.98. The topological polar surface area (TPSA) is 70.7 Å². The van der Waals surface area contributed by atoms with E-state index >= 15 is 0 Å². The van der Waals surface area contributed by atoms with Crippen LogP contribution in [-0.2, 0) is 14.8 Å². The molecule has 0 spiro atoms. The maximum atomic E-state index is 11.9. The minimum Gasteiger partial charge on any atom is -0.378 e. The van der Waals surface area contributed by atoms with Gasteiger partial charge in [-0.15, -0.1) is 0 Å². The largest absolute Gasteiger partial charge is 0.378 e. The van der Waals surface area contributed by atoms with E-state index in [2.05, 4.69) is 14.9 Å². The Balaban J connectivity index is 1.69. The second-order valence-corrected chi connectivity index (χ2v) is 7.31. The first-order valence-corrected chi connectivity index (χ1v) is 8.74. The number of piperazine rings is 1. The van der Waals surface area contributed by atoms with Crippen LogP contribution in [0, 0.1) is 5.92 Å². The Hall–Kier alpha value is -0.210. The van der Waals surface area contributed by atoms with Gasteiger partial charge in [0.1, 0.15) is 0 Å². The average molecular weight is 291 g/mol. The first-order valence-electron chi connectivity index (χ1n) is 7.09. The number of hydrogen-bond acceptors (Lipinski definition) is 5. The highest BCUT2D eigenvalue weighted by Gasteiger charge is 2.25. The van der Waals surface area contributed by atoms with Gasteiger partial charge in [0.25, 0.3) is 0 Å². The molecule has 0 radical (unpaired) electrons. The number of rotatable bonds is 6. The summed E-state index contributed by atoms with van der Waals surface area (Å²) in [5.41, 5.74) is 0. The van der Waals surface area contributed by atoms with Crippen molar-refractivity contribution in [2.24, 2.45) is 5.92 Å². The number of nitrogens with zero attached hydrogens (tertiary/aromatic N) is 1. The van der Waals surface area contributed by atoms with E-state index in [-0.39, 0.29) is 11.9 Å². The molecule has 0 aromatic rings. The van der Waals surface area contributed by atoms with Crippen LogP contribution in [0.1, 0.15) is 13.3 Å². The first-order chi connectivity index (χ1) is 9.07. The fourth-order valence-electron chi connectivity index (χ4n) is 2.53. The van der Waals surface area contributed by atoms with Crippen LogP contribution in [0.2, 0.25) is 0 Å². The van der Waals surface area contributed by atoms with Crippen LogP contribution in [0.3, 0.4) is 0 Å². The molecule has 2 unspecified atom stereocenters. The molecule has 0 aromatic carbocycles. The predicted octanol–water partition coefficient (Wildman–Crippen LogP) is -0.764. The molecule has 2 N–H and O–H groups in total. The van der Waals surface area contributed by atoms with Crippen LogP contribution < -0.4 is 10.0 Å². The molecule has 2 heterocycles. The summed E-state index contributed by atoms with van der Waals surface area (Å²) in [5.74, 6) is 0.503. The number of nitrogens with one attached hydrogen (secondary N) is 2. The molecule has 2 rings (SSSR count). The van der Waals surface area contributed by atoms with E-state index in [1.165, 1.54) is 0 Å². The van der Waals surface area contributed by atoms with Crippen molar-refractivity contribution >= 4 is 10.0 Å². The summed E-state index contributed by atoms with van der Waals surface area (Å²) in [7, 11) is -3.16. The molecule has 19 heavy (non-hydrogen) atoms. The normalized spacial score (nSPS) is 29.7. The number of ether oxygens (including phenoxy) is 1. The zero-order chi connectivity index (χ0) is 13.7. The summed E-state index contributed by atoms with van der Waals surface area (Å²) in [6.07, 6.45) is 1.11. The van der Waals surface area contributed by atoms with Gasteiger partial charge >= 0.3 is 0 Å². The van der Waals surface area contributed by atoms with Gasteiger partial charge in [0, 0.05) is 51.8 Å². The van der Waals surface area contributed by atoms with Crippen LogP contribution in [0.25, 0.3) is 0 Å². The monoisotopic (exact) mass is 291 g/mol. The van der Waals surface area contributed by atoms with Crippen molar-refractivity contribution in [1.29, 1.82) is 0 Å². The lowest BCUT2D eigenvalue weighted by atomic mass is 10.0. The van der Waals surface area contributed by atoms with Crippen molar-refractivity contribution in [3.05, 3.63) is 0 Å². The highest BCUT2D eigenvalue weighted by Crippen LogP contribution is 2.19. The zero-order valence-electron chi connectivity index (χ0n) is 11.6. The quantitative estimate of drug-likeness (QED) is 0.673. The Morgan fingerprint density at radius 3 is 2.74 bits per heavy atom. The van der Waals surface area contributed by atoms with Crippen molar-refractivity contribution in [2.75, 3.05) is 51.6 Å². The molecule has 2 aliphatic heterocycles. The van der Waals surface area contributed by atoms with Gasteiger partial charge in [-0.25, -0.2) is 13.1 Å². The van der Waals surface area contributed by atoms with E-state index in [1.807, 2.05) is 6.92 Å². The van der Waals surface area contributed by atoms with Gasteiger partial charge < -0.3 is 10.1 Å². The van der Waals surface area contributed by atoms with E-state index in [9.17, 15) is 8.42 Å². The molecule has 0 saturated carbocycles. The number of hydrogen-bond donors (Lipinski definition) is 2. The van der Waals surface area contributed by atoms with Gasteiger partial charge in [0.15, 0.2) is 0 Å². The molecule has 0 bridgehead atoms. The molecule has 0 amide bonds. The predicted molar refractivity (Wildman–Crippen MR) is 74.6 cm³/mol. The SMILES string of the molecule is CC1OCCC1CNS(=O)(=O)CCN1CCNCC1. The van der Waals surface area contributed by atoms with E-state index in [1.54, 1.807) is 0 Å². The molecular weight excluding hydrogens is 266 g/mol. The Labute approximate surface area is 115 Å². The van der Waals surface area contributed by atoms with Crippen LogP contribution in [0.5, 0.6) is 0 Å². The third kappa shape index (κ3) is 5.00. The molecule has 2 atom stereocenters. The van der Waals surface area contributed by atoms with Gasteiger partial charge in [0.2, 0.25) is 10.0 Å².